The summed E-state index contributed by atoms with van der Waals surface area (Å²) in [5, 5.41) is 9.67. The molecule has 2 rings (SSSR count). The number of amides is 1. The summed E-state index contributed by atoms with van der Waals surface area (Å²) in [6, 6.07) is 16.3. The molecule has 2 aromatic rings. The van der Waals surface area contributed by atoms with Crippen LogP contribution in [0.1, 0.15) is 39.9 Å². The molecule has 6 nitrogen and oxygen atoms in total. The molecule has 0 heterocycles. The Morgan fingerprint density at radius 3 is 2.48 bits per heavy atom. The van der Waals surface area contributed by atoms with E-state index in [4.69, 9.17) is 0 Å². The molecule has 0 aliphatic carbocycles. The fourth-order valence-electron chi connectivity index (χ4n) is 3.07. The van der Waals surface area contributed by atoms with Gasteiger partial charge < -0.3 is 20.9 Å². The van der Waals surface area contributed by atoms with Gasteiger partial charge in [0.2, 0.25) is 0 Å². The minimum absolute atomic E-state index is 0. The van der Waals surface area contributed by atoms with E-state index in [0.717, 1.165) is 24.6 Å². The molecule has 0 bridgehead atoms. The highest BCUT2D eigenvalue weighted by Gasteiger charge is 2.08. The summed E-state index contributed by atoms with van der Waals surface area (Å²) in [6.45, 7) is 7.14. The summed E-state index contributed by atoms with van der Waals surface area (Å²) in [7, 11) is 5.74. The second-order valence-corrected chi connectivity index (χ2v) is 7.88. The highest BCUT2D eigenvalue weighted by Crippen LogP contribution is 2.15. The van der Waals surface area contributed by atoms with Gasteiger partial charge in [-0.25, -0.2) is 0 Å². The van der Waals surface area contributed by atoms with Crippen molar-refractivity contribution in [1.29, 1.82) is 0 Å². The third-order valence-electron chi connectivity index (χ3n) is 4.90. The van der Waals surface area contributed by atoms with Gasteiger partial charge in [-0.05, 0) is 50.2 Å². The van der Waals surface area contributed by atoms with E-state index < -0.39 is 0 Å². The van der Waals surface area contributed by atoms with E-state index >= 15 is 0 Å². The SMILES string of the molecule is CN=C(NCc1cccc(C(=O)NCCN(C)C)c1)NCC(C)c1cccc(C)c1.I. The largest absolute Gasteiger partial charge is 0.356 e. The molecule has 1 amide bonds. The highest BCUT2D eigenvalue weighted by molar-refractivity contribution is 14.0. The van der Waals surface area contributed by atoms with E-state index in [1.54, 1.807) is 7.05 Å². The molecule has 1 unspecified atom stereocenters. The van der Waals surface area contributed by atoms with Crippen LogP contribution in [0.3, 0.4) is 0 Å². The summed E-state index contributed by atoms with van der Waals surface area (Å²) in [6.07, 6.45) is 0. The standard InChI is InChI=1S/C24H35N5O.HI/c1-18-8-6-10-21(14-18)19(2)16-27-24(25-3)28-17-20-9-7-11-22(15-20)23(30)26-12-13-29(4)5;/h6-11,14-15,19H,12-13,16-17H2,1-5H3,(H,26,30)(H2,25,27,28);1H. The number of aliphatic imine (C=N–C) groups is 1. The topological polar surface area (TPSA) is 68.8 Å². The van der Waals surface area contributed by atoms with Crippen molar-refractivity contribution < 1.29 is 4.79 Å². The maximum atomic E-state index is 12.3. The number of carbonyl (C=O) groups is 1. The summed E-state index contributed by atoms with van der Waals surface area (Å²) < 4.78 is 0. The first-order valence-electron chi connectivity index (χ1n) is 10.4. The van der Waals surface area contributed by atoms with E-state index in [9.17, 15) is 4.79 Å². The van der Waals surface area contributed by atoms with Gasteiger partial charge in [-0.2, -0.15) is 0 Å². The Labute approximate surface area is 203 Å². The number of hydrogen-bond donors (Lipinski definition) is 3. The molecule has 0 spiro atoms. The zero-order valence-electron chi connectivity index (χ0n) is 19.2. The van der Waals surface area contributed by atoms with Gasteiger partial charge in [0.15, 0.2) is 5.96 Å². The Kier molecular flexibility index (Phi) is 12.2. The van der Waals surface area contributed by atoms with Gasteiger partial charge in [-0.1, -0.05) is 48.9 Å². The number of aryl methyl sites for hydroxylation is 1. The first-order chi connectivity index (χ1) is 14.4. The quantitative estimate of drug-likeness (QED) is 0.261. The third-order valence-corrected chi connectivity index (χ3v) is 4.90. The number of rotatable bonds is 9. The van der Waals surface area contributed by atoms with Crippen LogP contribution >= 0.6 is 24.0 Å². The molecular formula is C24H36IN5O. The molecule has 170 valence electrons. The number of hydrogen-bond acceptors (Lipinski definition) is 3. The molecule has 0 fully saturated rings. The van der Waals surface area contributed by atoms with Crippen molar-refractivity contribution in [3.63, 3.8) is 0 Å². The van der Waals surface area contributed by atoms with Crippen LogP contribution in [-0.4, -0.2) is 57.5 Å². The molecule has 0 saturated heterocycles. The number of carbonyl (C=O) groups excluding carboxylic acids is 1. The van der Waals surface area contributed by atoms with E-state index in [1.807, 2.05) is 43.3 Å². The average molecular weight is 537 g/mol. The molecule has 31 heavy (non-hydrogen) atoms. The number of guanidine groups is 1. The maximum absolute atomic E-state index is 12.3. The van der Waals surface area contributed by atoms with Gasteiger partial charge >= 0.3 is 0 Å². The fraction of sp³-hybridized carbons (Fsp3) is 0.417. The lowest BCUT2D eigenvalue weighted by Crippen LogP contribution is -2.38. The van der Waals surface area contributed by atoms with Gasteiger partial charge in [0.25, 0.3) is 5.91 Å². The fourth-order valence-corrected chi connectivity index (χ4v) is 3.07. The molecule has 0 saturated carbocycles. The Morgan fingerprint density at radius 1 is 1.06 bits per heavy atom. The van der Waals surface area contributed by atoms with Crippen molar-refractivity contribution in [3.05, 3.63) is 70.8 Å². The van der Waals surface area contributed by atoms with Gasteiger partial charge in [-0.15, -0.1) is 24.0 Å². The Bertz CT molecular complexity index is 853. The number of benzene rings is 2. The monoisotopic (exact) mass is 537 g/mol. The van der Waals surface area contributed by atoms with Crippen LogP contribution in [0, 0.1) is 6.92 Å². The van der Waals surface area contributed by atoms with Crippen LogP contribution in [0.4, 0.5) is 0 Å². The Hall–Kier alpha value is -2.13. The van der Waals surface area contributed by atoms with Crippen LogP contribution in [0.2, 0.25) is 0 Å². The molecular weight excluding hydrogens is 501 g/mol. The normalized spacial score (nSPS) is 12.1. The van der Waals surface area contributed by atoms with Crippen molar-refractivity contribution >= 4 is 35.8 Å². The summed E-state index contributed by atoms with van der Waals surface area (Å²) in [5.41, 5.74) is 4.28. The van der Waals surface area contributed by atoms with Crippen molar-refractivity contribution in [2.45, 2.75) is 26.3 Å². The van der Waals surface area contributed by atoms with Crippen LogP contribution in [0.15, 0.2) is 53.5 Å². The minimum atomic E-state index is -0.0480. The second-order valence-electron chi connectivity index (χ2n) is 7.88. The predicted molar refractivity (Wildman–Crippen MR) is 141 cm³/mol. The lowest BCUT2D eigenvalue weighted by Gasteiger charge is -2.17. The lowest BCUT2D eigenvalue weighted by molar-refractivity contribution is 0.0951. The zero-order chi connectivity index (χ0) is 21.9. The van der Waals surface area contributed by atoms with Crippen LogP contribution in [0.5, 0.6) is 0 Å². The zero-order valence-corrected chi connectivity index (χ0v) is 21.6. The summed E-state index contributed by atoms with van der Waals surface area (Å²) in [5.74, 6) is 1.07. The molecule has 0 aliphatic heterocycles. The molecule has 1 atom stereocenters. The van der Waals surface area contributed by atoms with Gasteiger partial charge in [0, 0.05) is 38.8 Å². The Morgan fingerprint density at radius 2 is 1.81 bits per heavy atom. The van der Waals surface area contributed by atoms with Crippen molar-refractivity contribution in [2.75, 3.05) is 40.8 Å². The first-order valence-corrected chi connectivity index (χ1v) is 10.4. The smallest absolute Gasteiger partial charge is 0.251 e. The van der Waals surface area contributed by atoms with Gasteiger partial charge in [0.1, 0.15) is 0 Å². The Balaban J connectivity index is 0.00000480. The van der Waals surface area contributed by atoms with Crippen LogP contribution < -0.4 is 16.0 Å². The van der Waals surface area contributed by atoms with Crippen LogP contribution in [0.25, 0.3) is 0 Å². The predicted octanol–water partition coefficient (Wildman–Crippen LogP) is 3.37. The number of nitrogens with zero attached hydrogens (tertiary/aromatic N) is 2. The molecule has 0 aliphatic rings. The average Bonchev–Trinajstić information content (AvgIpc) is 2.73. The summed E-state index contributed by atoms with van der Waals surface area (Å²) in [4.78, 5) is 18.7. The summed E-state index contributed by atoms with van der Waals surface area (Å²) >= 11 is 0. The third kappa shape index (κ3) is 9.69. The second kappa shape index (κ2) is 14.0. The van der Waals surface area contributed by atoms with Crippen molar-refractivity contribution in [3.8, 4) is 0 Å². The van der Waals surface area contributed by atoms with E-state index in [2.05, 4.69) is 59.1 Å². The molecule has 0 aromatic heterocycles. The van der Waals surface area contributed by atoms with E-state index in [-0.39, 0.29) is 29.9 Å². The molecule has 2 aromatic carbocycles. The van der Waals surface area contributed by atoms with Crippen LogP contribution in [-0.2, 0) is 6.54 Å². The highest BCUT2D eigenvalue weighted by atomic mass is 127. The number of nitrogens with one attached hydrogen (secondary N) is 3. The van der Waals surface area contributed by atoms with Gasteiger partial charge in [0.05, 0.1) is 0 Å². The number of halogens is 1. The number of likely N-dealkylation sites (N-methyl/N-ethyl adjacent to an activating group) is 1. The lowest BCUT2D eigenvalue weighted by atomic mass is 9.99. The minimum Gasteiger partial charge on any atom is -0.356 e. The molecule has 0 radical (unpaired) electrons. The van der Waals surface area contributed by atoms with E-state index in [0.29, 0.717) is 24.6 Å². The van der Waals surface area contributed by atoms with E-state index in [1.165, 1.54) is 11.1 Å². The molecule has 7 heteroatoms. The van der Waals surface area contributed by atoms with Gasteiger partial charge in [-0.3, -0.25) is 9.79 Å². The van der Waals surface area contributed by atoms with Crippen molar-refractivity contribution in [2.24, 2.45) is 4.99 Å². The first kappa shape index (κ1) is 26.9. The molecule has 3 N–H and O–H groups in total. The maximum Gasteiger partial charge on any atom is 0.251 e. The van der Waals surface area contributed by atoms with Crippen molar-refractivity contribution in [1.82, 2.24) is 20.9 Å².